The number of carbonyl (C=O) groups is 1. The Morgan fingerprint density at radius 2 is 1.67 bits per heavy atom. The Balaban J connectivity index is 1.62. The van der Waals surface area contributed by atoms with Crippen molar-refractivity contribution < 1.29 is 9.53 Å². The van der Waals surface area contributed by atoms with Crippen LogP contribution in [0.4, 0.5) is 5.69 Å². The molecule has 136 valence electrons. The Kier molecular flexibility index (Phi) is 5.26. The second kappa shape index (κ2) is 8.14. The van der Waals surface area contributed by atoms with Crippen molar-refractivity contribution in [2.75, 3.05) is 24.7 Å². The van der Waals surface area contributed by atoms with Gasteiger partial charge in [-0.25, -0.2) is 0 Å². The number of hydrogen-bond donors (Lipinski definition) is 0. The minimum absolute atomic E-state index is 0.00300. The van der Waals surface area contributed by atoms with Crippen molar-refractivity contribution in [2.24, 2.45) is 5.92 Å². The third-order valence-corrected chi connectivity index (χ3v) is 4.92. The summed E-state index contributed by atoms with van der Waals surface area (Å²) in [6, 6.07) is 22.0. The molecular formula is C23H22N2O2. The lowest BCUT2D eigenvalue weighted by Crippen LogP contribution is -2.35. The van der Waals surface area contributed by atoms with Gasteiger partial charge in [-0.05, 0) is 41.8 Å². The van der Waals surface area contributed by atoms with E-state index in [0.29, 0.717) is 24.6 Å². The van der Waals surface area contributed by atoms with Gasteiger partial charge in [0.15, 0.2) is 0 Å². The summed E-state index contributed by atoms with van der Waals surface area (Å²) in [5.41, 5.74) is 3.86. The lowest BCUT2D eigenvalue weighted by Gasteiger charge is -2.26. The van der Waals surface area contributed by atoms with E-state index in [4.69, 9.17) is 4.74 Å². The van der Waals surface area contributed by atoms with Gasteiger partial charge in [-0.15, -0.1) is 0 Å². The molecule has 0 bridgehead atoms. The molecule has 1 amide bonds. The Labute approximate surface area is 159 Å². The van der Waals surface area contributed by atoms with Gasteiger partial charge in [-0.1, -0.05) is 42.5 Å². The summed E-state index contributed by atoms with van der Waals surface area (Å²) in [6.45, 7) is 2.14. The third kappa shape index (κ3) is 4.07. The first-order chi connectivity index (χ1) is 13.3. The number of rotatable bonds is 5. The topological polar surface area (TPSA) is 42.4 Å². The van der Waals surface area contributed by atoms with E-state index in [1.807, 2.05) is 35.2 Å². The molecule has 1 atom stereocenters. The fourth-order valence-corrected chi connectivity index (χ4v) is 3.41. The molecule has 4 nitrogen and oxygen atoms in total. The first-order valence-corrected chi connectivity index (χ1v) is 9.26. The van der Waals surface area contributed by atoms with E-state index < -0.39 is 0 Å². The summed E-state index contributed by atoms with van der Waals surface area (Å²) in [5.74, 6) is 0.362. The van der Waals surface area contributed by atoms with Crippen LogP contribution in [0.15, 0.2) is 79.1 Å². The molecule has 2 heterocycles. The Bertz CT molecular complexity index is 873. The minimum atomic E-state index is -0.00300. The van der Waals surface area contributed by atoms with Crippen LogP contribution < -0.4 is 4.90 Å². The van der Waals surface area contributed by atoms with Crippen LogP contribution >= 0.6 is 0 Å². The Morgan fingerprint density at radius 3 is 2.33 bits per heavy atom. The molecular weight excluding hydrogens is 336 g/mol. The van der Waals surface area contributed by atoms with Gasteiger partial charge >= 0.3 is 0 Å². The maximum absolute atomic E-state index is 13.1. The largest absolute Gasteiger partial charge is 0.381 e. The highest BCUT2D eigenvalue weighted by Gasteiger charge is 2.24. The molecule has 2 aromatic carbocycles. The highest BCUT2D eigenvalue weighted by Crippen LogP contribution is 2.26. The van der Waals surface area contributed by atoms with Gasteiger partial charge in [0.2, 0.25) is 0 Å². The molecule has 4 heteroatoms. The number of nitrogens with zero attached hydrogens (tertiary/aromatic N) is 2. The lowest BCUT2D eigenvalue weighted by atomic mass is 10.0. The Morgan fingerprint density at radius 1 is 0.963 bits per heavy atom. The van der Waals surface area contributed by atoms with Gasteiger partial charge < -0.3 is 9.64 Å². The molecule has 3 aromatic rings. The summed E-state index contributed by atoms with van der Waals surface area (Å²) in [4.78, 5) is 19.0. The zero-order valence-corrected chi connectivity index (χ0v) is 15.1. The van der Waals surface area contributed by atoms with Crippen molar-refractivity contribution in [1.29, 1.82) is 0 Å². The van der Waals surface area contributed by atoms with Crippen LogP contribution in [0, 0.1) is 5.92 Å². The van der Waals surface area contributed by atoms with Crippen molar-refractivity contribution in [3.63, 3.8) is 0 Å². The van der Waals surface area contributed by atoms with Crippen LogP contribution in [-0.4, -0.2) is 30.6 Å². The van der Waals surface area contributed by atoms with Crippen LogP contribution in [0.3, 0.4) is 0 Å². The molecule has 0 spiro atoms. The van der Waals surface area contributed by atoms with Gasteiger partial charge in [0.05, 0.1) is 6.61 Å². The molecule has 1 unspecified atom stereocenters. The van der Waals surface area contributed by atoms with Crippen LogP contribution in [0.25, 0.3) is 11.1 Å². The van der Waals surface area contributed by atoms with E-state index in [1.54, 1.807) is 24.5 Å². The van der Waals surface area contributed by atoms with E-state index >= 15 is 0 Å². The maximum atomic E-state index is 13.1. The van der Waals surface area contributed by atoms with Crippen LogP contribution in [0.1, 0.15) is 16.8 Å². The van der Waals surface area contributed by atoms with Crippen molar-refractivity contribution in [1.82, 2.24) is 4.98 Å². The lowest BCUT2D eigenvalue weighted by molar-refractivity contribution is 0.0981. The summed E-state index contributed by atoms with van der Waals surface area (Å²) in [6.07, 6.45) is 4.30. The zero-order chi connectivity index (χ0) is 18.5. The standard InChI is InChI=1S/C23H22N2O2/c26-23(21-10-13-24-14-11-21)25(16-18-12-15-27-17-18)22-8-6-20(7-9-22)19-4-2-1-3-5-19/h1-11,13-14,18H,12,15-17H2. The first-order valence-electron chi connectivity index (χ1n) is 9.26. The number of aromatic nitrogens is 1. The predicted molar refractivity (Wildman–Crippen MR) is 107 cm³/mol. The van der Waals surface area contributed by atoms with Crippen LogP contribution in [0.5, 0.6) is 0 Å². The van der Waals surface area contributed by atoms with E-state index in [-0.39, 0.29) is 5.91 Å². The molecule has 1 aliphatic heterocycles. The monoisotopic (exact) mass is 358 g/mol. The second-order valence-corrected chi connectivity index (χ2v) is 6.79. The number of anilines is 1. The minimum Gasteiger partial charge on any atom is -0.381 e. The van der Waals surface area contributed by atoms with E-state index in [2.05, 4.69) is 29.2 Å². The molecule has 0 radical (unpaired) electrons. The Hall–Kier alpha value is -2.98. The number of amides is 1. The van der Waals surface area contributed by atoms with Gasteiger partial charge in [0.1, 0.15) is 0 Å². The summed E-state index contributed by atoms with van der Waals surface area (Å²) in [7, 11) is 0. The number of carbonyl (C=O) groups excluding carboxylic acids is 1. The molecule has 27 heavy (non-hydrogen) atoms. The predicted octanol–water partition coefficient (Wildman–Crippen LogP) is 4.43. The van der Waals surface area contributed by atoms with Crippen molar-refractivity contribution in [3.05, 3.63) is 84.7 Å². The SMILES string of the molecule is O=C(c1ccncc1)N(CC1CCOC1)c1ccc(-c2ccccc2)cc1. The molecule has 4 rings (SSSR count). The number of hydrogen-bond acceptors (Lipinski definition) is 3. The summed E-state index contributed by atoms with van der Waals surface area (Å²) >= 11 is 0. The van der Waals surface area contributed by atoms with E-state index in [0.717, 1.165) is 24.3 Å². The summed E-state index contributed by atoms with van der Waals surface area (Å²) in [5, 5.41) is 0. The third-order valence-electron chi connectivity index (χ3n) is 4.92. The molecule has 0 N–H and O–H groups in total. The van der Waals surface area contributed by atoms with Gasteiger partial charge in [-0.3, -0.25) is 9.78 Å². The van der Waals surface area contributed by atoms with E-state index in [9.17, 15) is 4.79 Å². The smallest absolute Gasteiger partial charge is 0.258 e. The normalized spacial score (nSPS) is 16.2. The van der Waals surface area contributed by atoms with Crippen LogP contribution in [-0.2, 0) is 4.74 Å². The average molecular weight is 358 g/mol. The van der Waals surface area contributed by atoms with Gasteiger partial charge in [0, 0.05) is 42.7 Å². The number of ether oxygens (including phenoxy) is 1. The quantitative estimate of drug-likeness (QED) is 0.677. The van der Waals surface area contributed by atoms with Crippen LogP contribution in [0.2, 0.25) is 0 Å². The van der Waals surface area contributed by atoms with Crippen molar-refractivity contribution in [2.45, 2.75) is 6.42 Å². The van der Waals surface area contributed by atoms with Crippen molar-refractivity contribution in [3.8, 4) is 11.1 Å². The fourth-order valence-electron chi connectivity index (χ4n) is 3.41. The fraction of sp³-hybridized carbons (Fsp3) is 0.217. The zero-order valence-electron chi connectivity index (χ0n) is 15.1. The first kappa shape index (κ1) is 17.4. The number of pyridine rings is 1. The van der Waals surface area contributed by atoms with Gasteiger partial charge in [0.25, 0.3) is 5.91 Å². The molecule has 1 saturated heterocycles. The maximum Gasteiger partial charge on any atom is 0.258 e. The molecule has 0 saturated carbocycles. The average Bonchev–Trinajstić information content (AvgIpc) is 3.26. The molecule has 0 aliphatic carbocycles. The summed E-state index contributed by atoms with van der Waals surface area (Å²) < 4.78 is 5.51. The highest BCUT2D eigenvalue weighted by atomic mass is 16.5. The number of benzene rings is 2. The molecule has 1 aromatic heterocycles. The highest BCUT2D eigenvalue weighted by molar-refractivity contribution is 6.06. The van der Waals surface area contributed by atoms with Crippen molar-refractivity contribution >= 4 is 11.6 Å². The second-order valence-electron chi connectivity index (χ2n) is 6.79. The van der Waals surface area contributed by atoms with Gasteiger partial charge in [-0.2, -0.15) is 0 Å². The molecule has 1 aliphatic rings. The molecule has 1 fully saturated rings. The van der Waals surface area contributed by atoms with E-state index in [1.165, 1.54) is 5.56 Å².